The number of hydrogen-bond donors (Lipinski definition) is 3. The Labute approximate surface area is 192 Å². The molecule has 0 fully saturated rings. The average molecular weight is 447 g/mol. The molecular formula is C25H26N4O2S. The lowest BCUT2D eigenvalue weighted by atomic mass is 10.1. The van der Waals surface area contributed by atoms with Gasteiger partial charge in [0.25, 0.3) is 0 Å². The van der Waals surface area contributed by atoms with Crippen LogP contribution in [0.5, 0.6) is 0 Å². The first kappa shape index (κ1) is 21.8. The smallest absolute Gasteiger partial charge is 0.221 e. The van der Waals surface area contributed by atoms with Crippen LogP contribution in [0, 0.1) is 13.8 Å². The van der Waals surface area contributed by atoms with Crippen molar-refractivity contribution in [2.75, 3.05) is 27.5 Å². The van der Waals surface area contributed by atoms with E-state index in [1.54, 1.807) is 11.8 Å². The maximum absolute atomic E-state index is 11.5. The lowest BCUT2D eigenvalue weighted by molar-refractivity contribution is -0.115. The maximum atomic E-state index is 11.5. The summed E-state index contributed by atoms with van der Waals surface area (Å²) >= 11 is 1.62. The first-order valence-corrected chi connectivity index (χ1v) is 11.2. The van der Waals surface area contributed by atoms with Gasteiger partial charge in [0.15, 0.2) is 0 Å². The van der Waals surface area contributed by atoms with Crippen LogP contribution in [0.25, 0.3) is 0 Å². The first-order valence-electron chi connectivity index (χ1n) is 10.4. The van der Waals surface area contributed by atoms with Gasteiger partial charge in [0.2, 0.25) is 11.8 Å². The van der Waals surface area contributed by atoms with Crippen LogP contribution in [0.2, 0.25) is 0 Å². The number of hydrogen-bond acceptors (Lipinski definition) is 5. The molecule has 2 amide bonds. The number of carbonyl (C=O) groups excluding carboxylic acids is 2. The van der Waals surface area contributed by atoms with Gasteiger partial charge in [0, 0.05) is 40.7 Å². The lowest BCUT2D eigenvalue weighted by Gasteiger charge is -2.34. The predicted octanol–water partition coefficient (Wildman–Crippen LogP) is 5.89. The molecule has 4 rings (SSSR count). The Kier molecular flexibility index (Phi) is 6.10. The summed E-state index contributed by atoms with van der Waals surface area (Å²) in [5.74, 6) is -0.208. The zero-order chi connectivity index (χ0) is 22.8. The molecule has 0 unspecified atom stereocenters. The van der Waals surface area contributed by atoms with Gasteiger partial charge < -0.3 is 20.9 Å². The molecule has 3 aromatic carbocycles. The third kappa shape index (κ3) is 4.73. The van der Waals surface area contributed by atoms with Crippen LogP contribution < -0.4 is 20.9 Å². The highest BCUT2D eigenvalue weighted by atomic mass is 32.2. The van der Waals surface area contributed by atoms with Crippen LogP contribution in [0.1, 0.15) is 25.0 Å². The van der Waals surface area contributed by atoms with E-state index in [1.165, 1.54) is 25.0 Å². The van der Waals surface area contributed by atoms with Crippen molar-refractivity contribution in [3.63, 3.8) is 0 Å². The molecular weight excluding hydrogens is 420 g/mol. The number of aryl methyl sites for hydroxylation is 2. The molecule has 32 heavy (non-hydrogen) atoms. The van der Waals surface area contributed by atoms with E-state index in [9.17, 15) is 9.59 Å². The topological polar surface area (TPSA) is 73.5 Å². The third-order valence-electron chi connectivity index (χ3n) is 5.18. The molecule has 164 valence electrons. The van der Waals surface area contributed by atoms with Gasteiger partial charge in [-0.15, -0.1) is 0 Å². The predicted molar refractivity (Wildman–Crippen MR) is 132 cm³/mol. The van der Waals surface area contributed by atoms with Crippen molar-refractivity contribution < 1.29 is 9.59 Å². The molecule has 3 aromatic rings. The Bertz CT molecular complexity index is 1140. The minimum atomic E-state index is -0.104. The summed E-state index contributed by atoms with van der Waals surface area (Å²) in [7, 11) is 0. The Hall–Kier alpha value is -3.45. The number of carbonyl (C=O) groups is 2. The molecule has 1 aliphatic rings. The number of amides is 2. The van der Waals surface area contributed by atoms with E-state index < -0.39 is 0 Å². The molecule has 0 radical (unpaired) electrons. The van der Waals surface area contributed by atoms with Crippen molar-refractivity contribution in [3.05, 3.63) is 65.7 Å². The molecule has 1 aliphatic heterocycles. The average Bonchev–Trinajstić information content (AvgIpc) is 2.72. The largest absolute Gasteiger partial charge is 0.367 e. The maximum Gasteiger partial charge on any atom is 0.221 e. The van der Waals surface area contributed by atoms with Crippen molar-refractivity contribution >= 4 is 52.0 Å². The molecule has 0 bridgehead atoms. The van der Waals surface area contributed by atoms with Gasteiger partial charge in [0.05, 0.1) is 18.0 Å². The molecule has 0 saturated heterocycles. The highest BCUT2D eigenvalue weighted by Crippen LogP contribution is 2.49. The van der Waals surface area contributed by atoms with Crippen molar-refractivity contribution in [1.82, 2.24) is 0 Å². The summed E-state index contributed by atoms with van der Waals surface area (Å²) in [6.45, 7) is 7.75. The second-order valence-electron chi connectivity index (χ2n) is 7.91. The first-order chi connectivity index (χ1) is 15.3. The van der Waals surface area contributed by atoms with Gasteiger partial charge in [-0.2, -0.15) is 0 Å². The van der Waals surface area contributed by atoms with Crippen molar-refractivity contribution in [2.45, 2.75) is 37.5 Å². The highest BCUT2D eigenvalue weighted by molar-refractivity contribution is 7.99. The molecule has 1 heterocycles. The number of nitrogens with zero attached hydrogens (tertiary/aromatic N) is 1. The van der Waals surface area contributed by atoms with Crippen LogP contribution in [-0.4, -0.2) is 18.5 Å². The lowest BCUT2D eigenvalue weighted by Crippen LogP contribution is -2.27. The van der Waals surface area contributed by atoms with E-state index in [-0.39, 0.29) is 11.8 Å². The van der Waals surface area contributed by atoms with Gasteiger partial charge in [0.1, 0.15) is 0 Å². The molecule has 3 N–H and O–H groups in total. The van der Waals surface area contributed by atoms with E-state index in [1.807, 2.05) is 36.4 Å². The standard InChI is InChI=1S/C25H26N4O2S/c1-15-5-6-16(2)21(11-15)26-14-29-22-9-7-19(27-17(3)30)12-24(22)32-25-13-20(28-18(4)31)8-10-23(25)29/h5-13,26H,14H2,1-4H3,(H,27,30)(H,28,31). The van der Waals surface area contributed by atoms with Crippen molar-refractivity contribution in [3.8, 4) is 0 Å². The Morgan fingerprint density at radius 1 is 0.812 bits per heavy atom. The SMILES string of the molecule is CC(=O)Nc1ccc2c(c1)Sc1cc(NC(C)=O)ccc1N2CNc1cc(C)ccc1C. The minimum Gasteiger partial charge on any atom is -0.367 e. The fraction of sp³-hybridized carbons (Fsp3) is 0.200. The number of benzene rings is 3. The Balaban J connectivity index is 1.71. The quantitative estimate of drug-likeness (QED) is 0.456. The van der Waals surface area contributed by atoms with Gasteiger partial charge in [-0.05, 0) is 67.4 Å². The molecule has 0 aromatic heterocycles. The van der Waals surface area contributed by atoms with E-state index in [0.717, 1.165) is 38.2 Å². The normalized spacial score (nSPS) is 11.9. The Morgan fingerprint density at radius 2 is 1.38 bits per heavy atom. The van der Waals surface area contributed by atoms with Crippen LogP contribution in [0.3, 0.4) is 0 Å². The monoisotopic (exact) mass is 446 g/mol. The zero-order valence-electron chi connectivity index (χ0n) is 18.6. The van der Waals surface area contributed by atoms with E-state index >= 15 is 0 Å². The minimum absolute atomic E-state index is 0.104. The van der Waals surface area contributed by atoms with Gasteiger partial charge >= 0.3 is 0 Å². The van der Waals surface area contributed by atoms with Gasteiger partial charge in [-0.25, -0.2) is 0 Å². The van der Waals surface area contributed by atoms with E-state index in [4.69, 9.17) is 0 Å². The summed E-state index contributed by atoms with van der Waals surface area (Å²) in [5, 5.41) is 9.29. The number of anilines is 5. The number of nitrogens with one attached hydrogen (secondary N) is 3. The van der Waals surface area contributed by atoms with Crippen molar-refractivity contribution in [2.24, 2.45) is 0 Å². The fourth-order valence-corrected chi connectivity index (χ4v) is 4.88. The van der Waals surface area contributed by atoms with Gasteiger partial charge in [-0.3, -0.25) is 9.59 Å². The summed E-state index contributed by atoms with van der Waals surface area (Å²) in [6.07, 6.45) is 0. The van der Waals surface area contributed by atoms with Crippen molar-refractivity contribution in [1.29, 1.82) is 0 Å². The molecule has 7 heteroatoms. The summed E-state index contributed by atoms with van der Waals surface area (Å²) < 4.78 is 0. The second-order valence-corrected chi connectivity index (χ2v) is 8.99. The highest BCUT2D eigenvalue weighted by Gasteiger charge is 2.24. The Morgan fingerprint density at radius 3 is 1.91 bits per heavy atom. The third-order valence-corrected chi connectivity index (χ3v) is 6.28. The molecule has 0 aliphatic carbocycles. The molecule has 0 atom stereocenters. The van der Waals surface area contributed by atoms with Crippen LogP contribution >= 0.6 is 11.8 Å². The molecule has 0 saturated carbocycles. The number of rotatable bonds is 5. The van der Waals surface area contributed by atoms with Crippen LogP contribution in [0.4, 0.5) is 28.4 Å². The molecule has 6 nitrogen and oxygen atoms in total. The van der Waals surface area contributed by atoms with E-state index in [2.05, 4.69) is 52.9 Å². The van der Waals surface area contributed by atoms with Crippen LogP contribution in [-0.2, 0) is 9.59 Å². The summed E-state index contributed by atoms with van der Waals surface area (Å²) in [5.41, 5.74) is 7.11. The molecule has 0 spiro atoms. The van der Waals surface area contributed by atoms with Crippen LogP contribution in [0.15, 0.2) is 64.4 Å². The fourth-order valence-electron chi connectivity index (χ4n) is 3.71. The summed E-state index contributed by atoms with van der Waals surface area (Å²) in [6, 6.07) is 18.2. The zero-order valence-corrected chi connectivity index (χ0v) is 19.4. The van der Waals surface area contributed by atoms with E-state index in [0.29, 0.717) is 6.67 Å². The van der Waals surface area contributed by atoms with Gasteiger partial charge in [-0.1, -0.05) is 23.9 Å². The number of fused-ring (bicyclic) bond motifs is 2. The second kappa shape index (κ2) is 8.96. The summed E-state index contributed by atoms with van der Waals surface area (Å²) in [4.78, 5) is 27.4.